The third-order valence-corrected chi connectivity index (χ3v) is 5.41. The first-order chi connectivity index (χ1) is 11.6. The van der Waals surface area contributed by atoms with E-state index in [-0.39, 0.29) is 11.3 Å². The first-order valence-corrected chi connectivity index (χ1v) is 9.43. The normalized spacial score (nSPS) is 15.3. The van der Waals surface area contributed by atoms with Crippen molar-refractivity contribution >= 4 is 16.1 Å². The second kappa shape index (κ2) is 7.43. The Morgan fingerprint density at radius 1 is 1.19 bits per heavy atom. The van der Waals surface area contributed by atoms with Gasteiger partial charge in [0.05, 0.1) is 17.9 Å². The number of ether oxygens (including phenoxy) is 1. The highest BCUT2D eigenvalue weighted by molar-refractivity contribution is 7.89. The van der Waals surface area contributed by atoms with Gasteiger partial charge >= 0.3 is 12.3 Å². The van der Waals surface area contributed by atoms with Crippen LogP contribution >= 0.6 is 0 Å². The maximum atomic E-state index is 13.1. The lowest BCUT2D eigenvalue weighted by atomic mass is 9.71. The molecule has 1 rings (SSSR count). The smallest absolute Gasteiger partial charge is 0.416 e. The molecule has 0 bridgehead atoms. The van der Waals surface area contributed by atoms with Gasteiger partial charge in [0.2, 0.25) is 10.0 Å². The average Bonchev–Trinajstić information content (AvgIpc) is 2.49. The molecular formula is C16H23F3N2O4S. The molecule has 0 heterocycles. The van der Waals surface area contributed by atoms with Crippen LogP contribution in [0.1, 0.15) is 38.8 Å². The van der Waals surface area contributed by atoms with E-state index in [4.69, 9.17) is 10.5 Å². The molecule has 0 aliphatic rings. The van der Waals surface area contributed by atoms with Crippen LogP contribution in [0.25, 0.3) is 0 Å². The summed E-state index contributed by atoms with van der Waals surface area (Å²) in [4.78, 5) is 11.5. The van der Waals surface area contributed by atoms with Gasteiger partial charge in [0.1, 0.15) is 0 Å². The number of primary amides is 1. The van der Waals surface area contributed by atoms with Gasteiger partial charge in [-0.05, 0) is 24.6 Å². The van der Waals surface area contributed by atoms with E-state index in [9.17, 15) is 26.4 Å². The van der Waals surface area contributed by atoms with E-state index in [0.29, 0.717) is 0 Å². The molecule has 1 aromatic rings. The van der Waals surface area contributed by atoms with Crippen molar-refractivity contribution in [1.82, 2.24) is 4.72 Å². The number of halogens is 3. The Bertz CT molecular complexity index is 757. The minimum absolute atomic E-state index is 0.0163. The highest BCUT2D eigenvalue weighted by Gasteiger charge is 2.48. The number of carbonyl (C=O) groups is 1. The van der Waals surface area contributed by atoms with E-state index in [2.05, 4.69) is 4.72 Å². The molecule has 0 aliphatic heterocycles. The summed E-state index contributed by atoms with van der Waals surface area (Å²) in [6.45, 7) is 5.76. The van der Waals surface area contributed by atoms with Gasteiger partial charge < -0.3 is 10.5 Å². The summed E-state index contributed by atoms with van der Waals surface area (Å²) in [5.41, 5.74) is 1.45. The average molecular weight is 396 g/mol. The number of benzene rings is 1. The molecule has 1 atom stereocenters. The number of amides is 1. The molecule has 1 aromatic carbocycles. The molecule has 0 saturated carbocycles. The monoisotopic (exact) mass is 396 g/mol. The summed E-state index contributed by atoms with van der Waals surface area (Å²) in [5, 5.41) is 0. The van der Waals surface area contributed by atoms with Crippen molar-refractivity contribution in [2.75, 3.05) is 12.3 Å². The summed E-state index contributed by atoms with van der Waals surface area (Å²) < 4.78 is 70.5. The number of nitrogens with two attached hydrogens (primary N) is 1. The predicted molar refractivity (Wildman–Crippen MR) is 90.7 cm³/mol. The van der Waals surface area contributed by atoms with E-state index >= 15 is 0 Å². The number of sulfonamides is 1. The highest BCUT2D eigenvalue weighted by atomic mass is 32.2. The predicted octanol–water partition coefficient (Wildman–Crippen LogP) is 2.98. The molecule has 0 aliphatic carbocycles. The third-order valence-electron chi connectivity index (χ3n) is 4.06. The maximum Gasteiger partial charge on any atom is 0.416 e. The van der Waals surface area contributed by atoms with E-state index in [1.807, 2.05) is 0 Å². The molecular weight excluding hydrogens is 373 g/mol. The van der Waals surface area contributed by atoms with Crippen molar-refractivity contribution in [1.29, 1.82) is 0 Å². The Hall–Kier alpha value is -1.81. The number of rotatable bonds is 6. The molecule has 3 N–H and O–H groups in total. The van der Waals surface area contributed by atoms with E-state index in [1.54, 1.807) is 20.8 Å². The first-order valence-electron chi connectivity index (χ1n) is 7.78. The van der Waals surface area contributed by atoms with E-state index < -0.39 is 45.4 Å². The van der Waals surface area contributed by atoms with Crippen molar-refractivity contribution in [2.45, 2.75) is 39.5 Å². The van der Waals surface area contributed by atoms with Crippen molar-refractivity contribution < 1.29 is 31.1 Å². The second-order valence-corrected chi connectivity index (χ2v) is 8.90. The molecule has 1 unspecified atom stereocenters. The number of carbonyl (C=O) groups excluding carboxylic acids is 1. The van der Waals surface area contributed by atoms with Crippen LogP contribution in [0.4, 0.5) is 18.0 Å². The Labute approximate surface area is 151 Å². The maximum absolute atomic E-state index is 13.1. The largest absolute Gasteiger partial charge is 0.436 e. The van der Waals surface area contributed by atoms with Crippen LogP contribution in [0.15, 0.2) is 24.3 Å². The highest BCUT2D eigenvalue weighted by Crippen LogP contribution is 2.44. The molecule has 6 nitrogen and oxygen atoms in total. The Morgan fingerprint density at radius 2 is 1.73 bits per heavy atom. The minimum Gasteiger partial charge on any atom is -0.436 e. The van der Waals surface area contributed by atoms with Crippen molar-refractivity contribution in [3.63, 3.8) is 0 Å². The zero-order valence-electron chi connectivity index (χ0n) is 15.0. The topological polar surface area (TPSA) is 98.5 Å². The minimum atomic E-state index is -4.62. The second-order valence-electron chi connectivity index (χ2n) is 6.80. The number of nitrogens with one attached hydrogen (secondary N) is 1. The molecule has 0 fully saturated rings. The van der Waals surface area contributed by atoms with Crippen molar-refractivity contribution in [3.05, 3.63) is 35.4 Å². The fourth-order valence-electron chi connectivity index (χ4n) is 2.48. The van der Waals surface area contributed by atoms with Crippen LogP contribution in [-0.4, -0.2) is 26.8 Å². The van der Waals surface area contributed by atoms with Gasteiger partial charge in [0, 0.05) is 5.41 Å². The summed E-state index contributed by atoms with van der Waals surface area (Å²) in [6, 6.07) is 4.20. The molecule has 1 amide bonds. The Morgan fingerprint density at radius 3 is 2.15 bits per heavy atom. The van der Waals surface area contributed by atoms with Gasteiger partial charge in [0.15, 0.2) is 5.60 Å². The number of hydrogen-bond donors (Lipinski definition) is 2. The van der Waals surface area contributed by atoms with E-state index in [0.717, 1.165) is 18.2 Å². The molecule has 0 saturated heterocycles. The van der Waals surface area contributed by atoms with Gasteiger partial charge in [-0.15, -0.1) is 0 Å². The molecule has 26 heavy (non-hydrogen) atoms. The number of hydrogen-bond acceptors (Lipinski definition) is 4. The van der Waals surface area contributed by atoms with Gasteiger partial charge in [-0.1, -0.05) is 32.9 Å². The van der Waals surface area contributed by atoms with Crippen LogP contribution in [0, 0.1) is 5.41 Å². The summed E-state index contributed by atoms with van der Waals surface area (Å²) in [5.74, 6) is -0.244. The molecule has 10 heteroatoms. The third kappa shape index (κ3) is 5.10. The fourth-order valence-corrected chi connectivity index (χ4v) is 3.11. The van der Waals surface area contributed by atoms with Gasteiger partial charge in [-0.25, -0.2) is 17.9 Å². The van der Waals surface area contributed by atoms with Crippen LogP contribution in [0.5, 0.6) is 0 Å². The quantitative estimate of drug-likeness (QED) is 0.772. The summed E-state index contributed by atoms with van der Waals surface area (Å²) >= 11 is 0. The summed E-state index contributed by atoms with van der Waals surface area (Å²) in [7, 11) is -3.70. The van der Waals surface area contributed by atoms with Crippen LogP contribution < -0.4 is 10.5 Å². The van der Waals surface area contributed by atoms with Crippen LogP contribution in [0.3, 0.4) is 0 Å². The van der Waals surface area contributed by atoms with Gasteiger partial charge in [-0.2, -0.15) is 13.2 Å². The lowest BCUT2D eigenvalue weighted by molar-refractivity contribution is -0.138. The zero-order valence-corrected chi connectivity index (χ0v) is 15.8. The van der Waals surface area contributed by atoms with E-state index in [1.165, 1.54) is 13.0 Å². The van der Waals surface area contributed by atoms with Gasteiger partial charge in [0.25, 0.3) is 0 Å². The molecule has 148 valence electrons. The lowest BCUT2D eigenvalue weighted by Crippen LogP contribution is -2.53. The number of alkyl halides is 3. The zero-order chi connectivity index (χ0) is 20.4. The standard InChI is InChI=1S/C16H23F3N2O4S/c1-5-26(23,24)21-10-15(14(2,3)4,25-13(20)22)11-7-6-8-12(9-11)16(17,18)19/h6-9,21H,5,10H2,1-4H3,(H2,20,22). The van der Waals surface area contributed by atoms with Crippen LogP contribution in [-0.2, 0) is 26.5 Å². The SMILES string of the molecule is CCS(=O)(=O)NCC(OC(N)=O)(c1cccc(C(F)(F)F)c1)C(C)(C)C. The van der Waals surface area contributed by atoms with Crippen LogP contribution in [0.2, 0.25) is 0 Å². The molecule has 0 aromatic heterocycles. The molecule has 0 spiro atoms. The van der Waals surface area contributed by atoms with Gasteiger partial charge in [-0.3, -0.25) is 0 Å². The fraction of sp³-hybridized carbons (Fsp3) is 0.562. The summed E-state index contributed by atoms with van der Waals surface area (Å²) in [6.07, 6.45) is -5.84. The van der Waals surface area contributed by atoms with Crippen molar-refractivity contribution in [2.24, 2.45) is 11.1 Å². The first kappa shape index (κ1) is 22.2. The Balaban J connectivity index is 3.59. The van der Waals surface area contributed by atoms with Crippen molar-refractivity contribution in [3.8, 4) is 0 Å². The molecule has 0 radical (unpaired) electrons. The lowest BCUT2D eigenvalue weighted by Gasteiger charge is -2.44. The Kier molecular flexibility index (Phi) is 6.36.